The molecule has 0 bridgehead atoms. The van der Waals surface area contributed by atoms with Gasteiger partial charge in [-0.2, -0.15) is 0 Å². The summed E-state index contributed by atoms with van der Waals surface area (Å²) in [6.07, 6.45) is 1.79. The minimum Gasteiger partial charge on any atom is -0.443 e. The van der Waals surface area contributed by atoms with Crippen molar-refractivity contribution in [2.45, 2.75) is 39.3 Å². The summed E-state index contributed by atoms with van der Waals surface area (Å²) in [6, 6.07) is 2.09. The standard InChI is InChI=1S/C15H21BrN4OS.HI/c1-15(2,3)12-7-18-13(21-12)8-20-14(17-4)19-6-11-5-10(16)9-22-11;/h5,7,9H,6,8H2,1-4H3,(H2,17,19,20);1H. The van der Waals surface area contributed by atoms with Gasteiger partial charge in [-0.1, -0.05) is 20.8 Å². The summed E-state index contributed by atoms with van der Waals surface area (Å²) in [7, 11) is 1.75. The summed E-state index contributed by atoms with van der Waals surface area (Å²) in [5.74, 6) is 2.27. The maximum Gasteiger partial charge on any atom is 0.213 e. The molecule has 128 valence electrons. The summed E-state index contributed by atoms with van der Waals surface area (Å²) >= 11 is 5.15. The average Bonchev–Trinajstić information content (AvgIpc) is 3.07. The van der Waals surface area contributed by atoms with Gasteiger partial charge in [0.2, 0.25) is 5.89 Å². The number of thiophene rings is 1. The number of nitrogens with zero attached hydrogens (tertiary/aromatic N) is 2. The second-order valence-electron chi connectivity index (χ2n) is 5.88. The van der Waals surface area contributed by atoms with E-state index in [1.807, 2.05) is 0 Å². The summed E-state index contributed by atoms with van der Waals surface area (Å²) in [5.41, 5.74) is -0.0300. The Labute approximate surface area is 166 Å². The van der Waals surface area contributed by atoms with E-state index in [0.29, 0.717) is 12.4 Å². The van der Waals surface area contributed by atoms with Crippen molar-refractivity contribution < 1.29 is 4.42 Å². The van der Waals surface area contributed by atoms with E-state index in [9.17, 15) is 0 Å². The molecule has 2 aromatic heterocycles. The molecule has 0 aliphatic rings. The normalized spacial score (nSPS) is 12.0. The smallest absolute Gasteiger partial charge is 0.213 e. The molecule has 0 spiro atoms. The zero-order valence-electron chi connectivity index (χ0n) is 13.6. The van der Waals surface area contributed by atoms with Gasteiger partial charge in [0.25, 0.3) is 0 Å². The number of rotatable bonds is 4. The van der Waals surface area contributed by atoms with Crippen LogP contribution >= 0.6 is 51.2 Å². The Hall–Kier alpha value is -0.610. The molecule has 2 aromatic rings. The van der Waals surface area contributed by atoms with Crippen molar-refractivity contribution in [1.82, 2.24) is 15.6 Å². The van der Waals surface area contributed by atoms with Crippen molar-refractivity contribution in [3.05, 3.63) is 38.6 Å². The van der Waals surface area contributed by atoms with Gasteiger partial charge in [0.15, 0.2) is 5.96 Å². The summed E-state index contributed by atoms with van der Waals surface area (Å²) in [6.45, 7) is 7.54. The van der Waals surface area contributed by atoms with E-state index in [4.69, 9.17) is 4.42 Å². The SMILES string of the molecule is CN=C(NCc1ncc(C(C)(C)C)o1)NCc1cc(Br)cs1.I. The summed E-state index contributed by atoms with van der Waals surface area (Å²) in [4.78, 5) is 9.73. The van der Waals surface area contributed by atoms with Gasteiger partial charge in [-0.15, -0.1) is 35.3 Å². The van der Waals surface area contributed by atoms with Crippen LogP contribution in [0.15, 0.2) is 31.5 Å². The highest BCUT2D eigenvalue weighted by atomic mass is 127. The number of guanidine groups is 1. The van der Waals surface area contributed by atoms with Crippen LogP contribution in [0, 0.1) is 0 Å². The van der Waals surface area contributed by atoms with Crippen LogP contribution in [0.25, 0.3) is 0 Å². The number of hydrogen-bond acceptors (Lipinski definition) is 4. The molecule has 2 rings (SSSR count). The van der Waals surface area contributed by atoms with Gasteiger partial charge in [0.05, 0.1) is 19.3 Å². The first-order valence-corrected chi connectivity index (χ1v) is 8.68. The minimum absolute atomic E-state index is 0. The lowest BCUT2D eigenvalue weighted by Gasteiger charge is -2.13. The van der Waals surface area contributed by atoms with E-state index < -0.39 is 0 Å². The minimum atomic E-state index is -0.0300. The van der Waals surface area contributed by atoms with Gasteiger partial charge >= 0.3 is 0 Å². The highest BCUT2D eigenvalue weighted by molar-refractivity contribution is 14.0. The molecular formula is C15H22BrIN4OS. The van der Waals surface area contributed by atoms with Gasteiger partial charge in [0.1, 0.15) is 5.76 Å². The Bertz CT molecular complexity index is 648. The molecule has 0 saturated carbocycles. The van der Waals surface area contributed by atoms with Crippen LogP contribution in [0.3, 0.4) is 0 Å². The van der Waals surface area contributed by atoms with E-state index in [2.05, 4.69) is 68.8 Å². The van der Waals surface area contributed by atoms with Crippen LogP contribution < -0.4 is 10.6 Å². The maximum absolute atomic E-state index is 5.75. The van der Waals surface area contributed by atoms with Crippen molar-refractivity contribution in [2.75, 3.05) is 7.05 Å². The molecule has 0 aliphatic carbocycles. The Balaban J connectivity index is 0.00000264. The van der Waals surface area contributed by atoms with Crippen LogP contribution in [0.1, 0.15) is 37.3 Å². The van der Waals surface area contributed by atoms with Gasteiger partial charge < -0.3 is 15.1 Å². The number of aliphatic imine (C=N–C) groups is 1. The average molecular weight is 513 g/mol. The predicted molar refractivity (Wildman–Crippen MR) is 110 cm³/mol. The zero-order valence-corrected chi connectivity index (χ0v) is 18.4. The molecule has 23 heavy (non-hydrogen) atoms. The van der Waals surface area contributed by atoms with E-state index in [-0.39, 0.29) is 29.4 Å². The van der Waals surface area contributed by atoms with Crippen molar-refractivity contribution in [3.63, 3.8) is 0 Å². The van der Waals surface area contributed by atoms with Crippen LogP contribution in [0.2, 0.25) is 0 Å². The zero-order chi connectivity index (χ0) is 16.2. The van der Waals surface area contributed by atoms with Crippen LogP contribution in [0.5, 0.6) is 0 Å². The number of hydrogen-bond donors (Lipinski definition) is 2. The van der Waals surface area contributed by atoms with Crippen LogP contribution in [0.4, 0.5) is 0 Å². The van der Waals surface area contributed by atoms with E-state index in [0.717, 1.165) is 22.7 Å². The van der Waals surface area contributed by atoms with Gasteiger partial charge in [-0.05, 0) is 22.0 Å². The van der Waals surface area contributed by atoms with Gasteiger partial charge in [0, 0.05) is 27.2 Å². The quantitative estimate of drug-likeness (QED) is 0.364. The molecular weight excluding hydrogens is 491 g/mol. The number of oxazole rings is 1. The molecule has 0 amide bonds. The number of aromatic nitrogens is 1. The fraction of sp³-hybridized carbons (Fsp3) is 0.467. The molecule has 5 nitrogen and oxygen atoms in total. The topological polar surface area (TPSA) is 62.5 Å². The van der Waals surface area contributed by atoms with Gasteiger partial charge in [-0.25, -0.2) is 4.98 Å². The van der Waals surface area contributed by atoms with Crippen molar-refractivity contribution in [2.24, 2.45) is 4.99 Å². The lowest BCUT2D eigenvalue weighted by Crippen LogP contribution is -2.36. The first-order chi connectivity index (χ1) is 10.4. The Morgan fingerprint density at radius 1 is 1.35 bits per heavy atom. The molecule has 2 N–H and O–H groups in total. The summed E-state index contributed by atoms with van der Waals surface area (Å²) < 4.78 is 6.85. The molecule has 0 aliphatic heterocycles. The van der Waals surface area contributed by atoms with E-state index in [1.165, 1.54) is 4.88 Å². The second-order valence-corrected chi connectivity index (χ2v) is 7.79. The maximum atomic E-state index is 5.75. The van der Waals surface area contributed by atoms with Gasteiger partial charge in [-0.3, -0.25) is 4.99 Å². The van der Waals surface area contributed by atoms with Crippen molar-refractivity contribution in [1.29, 1.82) is 0 Å². The molecule has 2 heterocycles. The molecule has 8 heteroatoms. The third kappa shape index (κ3) is 6.42. The van der Waals surface area contributed by atoms with Crippen LogP contribution in [-0.2, 0) is 18.5 Å². The Kier molecular flexibility index (Phi) is 8.02. The van der Waals surface area contributed by atoms with Crippen molar-refractivity contribution >= 4 is 57.2 Å². The highest BCUT2D eigenvalue weighted by Gasteiger charge is 2.19. The fourth-order valence-corrected chi connectivity index (χ4v) is 3.13. The third-order valence-electron chi connectivity index (χ3n) is 2.98. The number of nitrogens with one attached hydrogen (secondary N) is 2. The molecule has 0 saturated heterocycles. The fourth-order valence-electron chi connectivity index (χ4n) is 1.74. The molecule has 0 aromatic carbocycles. The monoisotopic (exact) mass is 512 g/mol. The Morgan fingerprint density at radius 2 is 2.04 bits per heavy atom. The highest BCUT2D eigenvalue weighted by Crippen LogP contribution is 2.22. The first-order valence-electron chi connectivity index (χ1n) is 7.01. The third-order valence-corrected chi connectivity index (χ3v) is 4.67. The summed E-state index contributed by atoms with van der Waals surface area (Å²) in [5, 5.41) is 8.53. The molecule has 0 fully saturated rings. The van der Waals surface area contributed by atoms with E-state index >= 15 is 0 Å². The number of halogens is 2. The van der Waals surface area contributed by atoms with E-state index in [1.54, 1.807) is 24.6 Å². The second kappa shape index (κ2) is 9.03. The Morgan fingerprint density at radius 3 is 2.57 bits per heavy atom. The van der Waals surface area contributed by atoms with Crippen LogP contribution in [-0.4, -0.2) is 18.0 Å². The van der Waals surface area contributed by atoms with Crippen molar-refractivity contribution in [3.8, 4) is 0 Å². The lowest BCUT2D eigenvalue weighted by atomic mass is 9.94. The largest absolute Gasteiger partial charge is 0.443 e. The molecule has 0 radical (unpaired) electrons. The first kappa shape index (κ1) is 20.4. The lowest BCUT2D eigenvalue weighted by molar-refractivity contribution is 0.379. The molecule has 0 unspecified atom stereocenters. The predicted octanol–water partition coefficient (Wildman–Crippen LogP) is 4.28. The molecule has 0 atom stereocenters.